The van der Waals surface area contributed by atoms with Crippen LogP contribution in [0.15, 0.2) is 48.5 Å². The van der Waals surface area contributed by atoms with Crippen LogP contribution in [-0.4, -0.2) is 17.8 Å². The zero-order valence-electron chi connectivity index (χ0n) is 18.9. The number of benzene rings is 2. The Morgan fingerprint density at radius 3 is 2.36 bits per heavy atom. The van der Waals surface area contributed by atoms with Gasteiger partial charge in [-0.2, -0.15) is 0 Å². The number of hydrogen-bond donors (Lipinski definition) is 0. The predicted octanol–water partition coefficient (Wildman–Crippen LogP) is 5.98. The fourth-order valence-corrected chi connectivity index (χ4v) is 6.66. The van der Waals surface area contributed by atoms with Gasteiger partial charge in [0.15, 0.2) is 11.5 Å². The summed E-state index contributed by atoms with van der Waals surface area (Å²) >= 11 is 0. The zero-order chi connectivity index (χ0) is 23.0. The third-order valence-electron chi connectivity index (χ3n) is 7.74. The number of para-hydroxylation sites is 2. The van der Waals surface area contributed by atoms with Crippen LogP contribution in [0.4, 0.5) is 5.69 Å². The summed E-state index contributed by atoms with van der Waals surface area (Å²) in [5, 5.41) is 11.2. The van der Waals surface area contributed by atoms with Gasteiger partial charge >= 0.3 is 5.69 Å². The van der Waals surface area contributed by atoms with Crippen LogP contribution >= 0.6 is 0 Å². The molecule has 2 aromatic rings. The molecule has 0 N–H and O–H groups in total. The van der Waals surface area contributed by atoms with Gasteiger partial charge in [-0.3, -0.25) is 14.9 Å². The van der Waals surface area contributed by atoms with Gasteiger partial charge in [0.2, 0.25) is 0 Å². The van der Waals surface area contributed by atoms with E-state index in [1.807, 2.05) is 24.3 Å². The molecule has 2 aromatic carbocycles. The second-order valence-electron chi connectivity index (χ2n) is 9.98. The van der Waals surface area contributed by atoms with Crippen molar-refractivity contribution in [3.05, 3.63) is 69.8 Å². The maximum Gasteiger partial charge on any atom is 0.310 e. The summed E-state index contributed by atoms with van der Waals surface area (Å²) < 4.78 is 11.2. The van der Waals surface area contributed by atoms with E-state index in [2.05, 4.69) is 0 Å². The van der Waals surface area contributed by atoms with E-state index in [-0.39, 0.29) is 29.2 Å². The Morgan fingerprint density at radius 2 is 1.73 bits per heavy atom. The Kier molecular flexibility index (Phi) is 5.69. The Hall–Kier alpha value is -3.15. The average Bonchev–Trinajstić information content (AvgIpc) is 2.80. The molecule has 0 amide bonds. The molecule has 0 saturated heterocycles. The summed E-state index contributed by atoms with van der Waals surface area (Å²) in [6, 6.07) is 12.0. The lowest BCUT2D eigenvalue weighted by Gasteiger charge is -2.55. The number of hydrogen-bond acceptors (Lipinski definition) is 5. The number of rotatable bonds is 8. The first-order valence-electron chi connectivity index (χ1n) is 11.7. The fraction of sp³-hybridized carbons (Fsp3) is 0.444. The molecule has 6 nitrogen and oxygen atoms in total. The highest BCUT2D eigenvalue weighted by atomic mass is 16.6. The van der Waals surface area contributed by atoms with E-state index in [0.717, 1.165) is 48.1 Å². The van der Waals surface area contributed by atoms with Gasteiger partial charge < -0.3 is 9.47 Å². The van der Waals surface area contributed by atoms with Crippen LogP contribution in [0.5, 0.6) is 11.5 Å². The number of carbonyl (C=O) groups is 1. The van der Waals surface area contributed by atoms with Crippen LogP contribution < -0.4 is 9.47 Å². The van der Waals surface area contributed by atoms with E-state index in [4.69, 9.17) is 9.47 Å². The van der Waals surface area contributed by atoms with Crippen molar-refractivity contribution in [3.8, 4) is 11.5 Å². The van der Waals surface area contributed by atoms with Gasteiger partial charge in [0.05, 0.1) is 12.0 Å². The molecule has 4 bridgehead atoms. The SMILES string of the molecule is COc1ccc(/C=C/C(=O)C23CC4CC(CC(C4)C2)C3)cc1COc1ccccc1[N+](=O)[O-]. The predicted molar refractivity (Wildman–Crippen MR) is 125 cm³/mol. The van der Waals surface area contributed by atoms with Gasteiger partial charge in [0.1, 0.15) is 12.4 Å². The highest BCUT2D eigenvalue weighted by Gasteiger charge is 2.53. The van der Waals surface area contributed by atoms with Crippen molar-refractivity contribution in [2.45, 2.75) is 45.1 Å². The minimum atomic E-state index is -0.457. The van der Waals surface area contributed by atoms with Crippen LogP contribution in [0.25, 0.3) is 6.08 Å². The molecule has 33 heavy (non-hydrogen) atoms. The minimum absolute atomic E-state index is 0.0753. The molecule has 6 heteroatoms. The number of nitro groups is 1. The van der Waals surface area contributed by atoms with Crippen LogP contribution in [0.1, 0.15) is 49.7 Å². The van der Waals surface area contributed by atoms with Gasteiger partial charge in [0, 0.05) is 17.0 Å². The van der Waals surface area contributed by atoms with Crippen LogP contribution in [0.2, 0.25) is 0 Å². The van der Waals surface area contributed by atoms with Crippen LogP contribution in [-0.2, 0) is 11.4 Å². The summed E-state index contributed by atoms with van der Waals surface area (Å²) in [5.41, 5.74) is 1.43. The first kappa shape index (κ1) is 21.7. The molecular weight excluding hydrogens is 418 g/mol. The van der Waals surface area contributed by atoms with Gasteiger partial charge in [-0.05, 0) is 86.1 Å². The molecule has 6 rings (SSSR count). The summed E-state index contributed by atoms with van der Waals surface area (Å²) in [7, 11) is 1.58. The lowest BCUT2D eigenvalue weighted by Crippen LogP contribution is -2.49. The molecule has 4 saturated carbocycles. The normalized spacial score (nSPS) is 27.6. The monoisotopic (exact) mass is 447 g/mol. The van der Waals surface area contributed by atoms with E-state index in [0.29, 0.717) is 5.75 Å². The van der Waals surface area contributed by atoms with Crippen molar-refractivity contribution in [2.75, 3.05) is 7.11 Å². The van der Waals surface area contributed by atoms with Crippen molar-refractivity contribution >= 4 is 17.5 Å². The Bertz CT molecular complexity index is 1070. The average molecular weight is 448 g/mol. The lowest BCUT2D eigenvalue weighted by atomic mass is 9.48. The number of ether oxygens (including phenoxy) is 2. The van der Waals surface area contributed by atoms with E-state index in [9.17, 15) is 14.9 Å². The molecule has 0 unspecified atom stereocenters. The molecule has 0 atom stereocenters. The lowest BCUT2D eigenvalue weighted by molar-refractivity contribution is -0.385. The van der Waals surface area contributed by atoms with Crippen molar-refractivity contribution in [1.29, 1.82) is 0 Å². The summed E-state index contributed by atoms with van der Waals surface area (Å²) in [4.78, 5) is 24.1. The molecule has 0 spiro atoms. The topological polar surface area (TPSA) is 78.7 Å². The summed E-state index contributed by atoms with van der Waals surface area (Å²) in [5.74, 6) is 3.33. The maximum atomic E-state index is 13.3. The van der Waals surface area contributed by atoms with E-state index < -0.39 is 4.92 Å². The van der Waals surface area contributed by atoms with Gasteiger partial charge in [-0.15, -0.1) is 0 Å². The number of nitrogens with zero attached hydrogens (tertiary/aromatic N) is 1. The molecule has 0 aromatic heterocycles. The zero-order valence-corrected chi connectivity index (χ0v) is 18.9. The van der Waals surface area contributed by atoms with Crippen molar-refractivity contribution in [3.63, 3.8) is 0 Å². The molecule has 0 radical (unpaired) electrons. The van der Waals surface area contributed by atoms with Crippen molar-refractivity contribution < 1.29 is 19.2 Å². The number of allylic oxidation sites excluding steroid dienone is 1. The standard InChI is InChI=1S/C27H29NO5/c1-32-24-8-6-18(13-22(24)17-33-25-5-3-2-4-23(25)28(30)31)7-9-26(29)27-14-19-10-20(15-27)12-21(11-19)16-27/h2-9,13,19-21H,10-12,14-17H2,1H3/b9-7+. The number of nitro benzene ring substituents is 1. The molecule has 4 aliphatic rings. The maximum absolute atomic E-state index is 13.3. The largest absolute Gasteiger partial charge is 0.496 e. The minimum Gasteiger partial charge on any atom is -0.496 e. The fourth-order valence-electron chi connectivity index (χ4n) is 6.66. The van der Waals surface area contributed by atoms with Crippen LogP contribution in [0, 0.1) is 33.3 Å². The highest BCUT2D eigenvalue weighted by Crippen LogP contribution is 2.60. The quantitative estimate of drug-likeness (QED) is 0.282. The second-order valence-corrected chi connectivity index (χ2v) is 9.98. The van der Waals surface area contributed by atoms with Crippen molar-refractivity contribution in [1.82, 2.24) is 0 Å². The van der Waals surface area contributed by atoms with Crippen LogP contribution in [0.3, 0.4) is 0 Å². The number of ketones is 1. The summed E-state index contributed by atoms with van der Waals surface area (Å²) in [6.07, 6.45) is 10.8. The first-order chi connectivity index (χ1) is 16.0. The molecule has 4 aliphatic carbocycles. The molecule has 0 heterocycles. The van der Waals surface area contributed by atoms with E-state index >= 15 is 0 Å². The second kappa shape index (κ2) is 8.65. The van der Waals surface area contributed by atoms with Gasteiger partial charge in [-0.1, -0.05) is 24.3 Å². The van der Waals surface area contributed by atoms with Gasteiger partial charge in [0.25, 0.3) is 0 Å². The molecule has 172 valence electrons. The van der Waals surface area contributed by atoms with E-state index in [1.54, 1.807) is 31.4 Å². The Morgan fingerprint density at radius 1 is 1.06 bits per heavy atom. The molecule has 4 fully saturated rings. The smallest absolute Gasteiger partial charge is 0.310 e. The Balaban J connectivity index is 1.32. The number of carbonyl (C=O) groups excluding carboxylic acids is 1. The van der Waals surface area contributed by atoms with Crippen molar-refractivity contribution in [2.24, 2.45) is 23.2 Å². The first-order valence-corrected chi connectivity index (χ1v) is 11.7. The summed E-state index contributed by atoms with van der Waals surface area (Å²) in [6.45, 7) is 0.124. The van der Waals surface area contributed by atoms with Gasteiger partial charge in [-0.25, -0.2) is 0 Å². The Labute approximate surface area is 193 Å². The molecule has 0 aliphatic heterocycles. The third kappa shape index (κ3) is 4.26. The number of methoxy groups -OCH3 is 1. The van der Waals surface area contributed by atoms with E-state index in [1.165, 1.54) is 25.3 Å². The molecular formula is C27H29NO5. The third-order valence-corrected chi connectivity index (χ3v) is 7.74. The highest BCUT2D eigenvalue weighted by molar-refractivity contribution is 5.98.